The Bertz CT molecular complexity index is 402. The highest BCUT2D eigenvalue weighted by Crippen LogP contribution is 1.98. The van der Waals surface area contributed by atoms with Crippen molar-refractivity contribution >= 4 is 6.03 Å². The Labute approximate surface area is 107 Å². The maximum absolute atomic E-state index is 11.3. The van der Waals surface area contributed by atoms with Crippen LogP contribution < -0.4 is 10.6 Å². The molecule has 0 spiro atoms. The van der Waals surface area contributed by atoms with Crippen molar-refractivity contribution < 1.29 is 4.79 Å². The molecule has 100 valence electrons. The molecule has 1 fully saturated rings. The lowest BCUT2D eigenvalue weighted by molar-refractivity contribution is 0.215. The summed E-state index contributed by atoms with van der Waals surface area (Å²) in [6.45, 7) is 7.78. The van der Waals surface area contributed by atoms with E-state index in [9.17, 15) is 4.79 Å². The molecule has 18 heavy (non-hydrogen) atoms. The van der Waals surface area contributed by atoms with Crippen LogP contribution in [0.5, 0.6) is 0 Å². The molecular formula is C11H20N6O. The summed E-state index contributed by atoms with van der Waals surface area (Å²) in [7, 11) is 0. The first kappa shape index (κ1) is 12.8. The van der Waals surface area contributed by atoms with E-state index < -0.39 is 0 Å². The highest BCUT2D eigenvalue weighted by Gasteiger charge is 2.18. The molecule has 1 aliphatic heterocycles. The summed E-state index contributed by atoms with van der Waals surface area (Å²) < 4.78 is 1.78. The van der Waals surface area contributed by atoms with Gasteiger partial charge in [-0.2, -0.15) is 0 Å². The Morgan fingerprint density at radius 3 is 3.00 bits per heavy atom. The smallest absolute Gasteiger partial charge is 0.317 e. The quantitative estimate of drug-likeness (QED) is 0.735. The van der Waals surface area contributed by atoms with Crippen LogP contribution in [0.4, 0.5) is 4.79 Å². The van der Waals surface area contributed by atoms with Crippen LogP contribution in [0, 0.1) is 0 Å². The summed E-state index contributed by atoms with van der Waals surface area (Å²) in [4.78, 5) is 13.1. The second-order valence-corrected chi connectivity index (χ2v) is 4.73. The average molecular weight is 252 g/mol. The van der Waals surface area contributed by atoms with E-state index in [0.717, 1.165) is 25.3 Å². The maximum Gasteiger partial charge on any atom is 0.317 e. The molecule has 0 bridgehead atoms. The monoisotopic (exact) mass is 252 g/mol. The van der Waals surface area contributed by atoms with E-state index in [0.29, 0.717) is 19.1 Å². The highest BCUT2D eigenvalue weighted by molar-refractivity contribution is 5.76. The van der Waals surface area contributed by atoms with E-state index in [2.05, 4.69) is 34.8 Å². The predicted octanol–water partition coefficient (Wildman–Crippen LogP) is -0.199. The Kier molecular flexibility index (Phi) is 4.14. The van der Waals surface area contributed by atoms with Crippen LogP contribution >= 0.6 is 0 Å². The molecule has 1 aromatic heterocycles. The van der Waals surface area contributed by atoms with Gasteiger partial charge in [0.05, 0.1) is 12.2 Å². The van der Waals surface area contributed by atoms with Crippen LogP contribution in [0.1, 0.15) is 19.5 Å². The van der Waals surface area contributed by atoms with Gasteiger partial charge < -0.3 is 15.5 Å². The fraction of sp³-hybridized carbons (Fsp3) is 0.727. The standard InChI is InChI=1S/C11H20N6O/c1-9(2)13-7-10-8-17(15-14-10)6-5-16-4-3-12-11(16)18/h8-9,13H,3-7H2,1-2H3,(H,12,18). The third-order valence-electron chi connectivity index (χ3n) is 2.82. The lowest BCUT2D eigenvalue weighted by Crippen LogP contribution is -2.31. The topological polar surface area (TPSA) is 75.1 Å². The third kappa shape index (κ3) is 3.43. The van der Waals surface area contributed by atoms with Gasteiger partial charge in [-0.05, 0) is 0 Å². The number of aromatic nitrogens is 3. The van der Waals surface area contributed by atoms with Gasteiger partial charge in [-0.3, -0.25) is 4.68 Å². The average Bonchev–Trinajstić information content (AvgIpc) is 2.93. The maximum atomic E-state index is 11.3. The van der Waals surface area contributed by atoms with E-state index in [1.165, 1.54) is 0 Å². The first-order valence-corrected chi connectivity index (χ1v) is 6.30. The fourth-order valence-corrected chi connectivity index (χ4v) is 1.79. The number of nitrogens with zero attached hydrogens (tertiary/aromatic N) is 4. The van der Waals surface area contributed by atoms with Crippen molar-refractivity contribution in [3.05, 3.63) is 11.9 Å². The molecule has 7 heteroatoms. The first-order valence-electron chi connectivity index (χ1n) is 6.30. The van der Waals surface area contributed by atoms with Crippen LogP contribution in [-0.4, -0.2) is 51.6 Å². The highest BCUT2D eigenvalue weighted by atomic mass is 16.2. The van der Waals surface area contributed by atoms with Crippen molar-refractivity contribution in [2.75, 3.05) is 19.6 Å². The van der Waals surface area contributed by atoms with Crippen LogP contribution in [-0.2, 0) is 13.1 Å². The molecule has 7 nitrogen and oxygen atoms in total. The third-order valence-corrected chi connectivity index (χ3v) is 2.82. The molecule has 2 amide bonds. The molecule has 0 atom stereocenters. The normalized spacial score (nSPS) is 15.5. The molecule has 0 saturated carbocycles. The summed E-state index contributed by atoms with van der Waals surface area (Å²) in [5, 5.41) is 14.2. The molecule has 1 aliphatic rings. The van der Waals surface area contributed by atoms with E-state index in [1.807, 2.05) is 6.20 Å². The van der Waals surface area contributed by atoms with Gasteiger partial charge in [-0.1, -0.05) is 19.1 Å². The zero-order chi connectivity index (χ0) is 13.0. The van der Waals surface area contributed by atoms with E-state index in [-0.39, 0.29) is 6.03 Å². The fourth-order valence-electron chi connectivity index (χ4n) is 1.79. The SMILES string of the molecule is CC(C)NCc1cn(CCN2CCNC2=O)nn1. The molecule has 0 aliphatic carbocycles. The molecule has 2 N–H and O–H groups in total. The van der Waals surface area contributed by atoms with Gasteiger partial charge >= 0.3 is 6.03 Å². The molecule has 2 heterocycles. The molecule has 0 unspecified atom stereocenters. The summed E-state index contributed by atoms with van der Waals surface area (Å²) in [5.74, 6) is 0. The molecule has 0 radical (unpaired) electrons. The molecule has 1 aromatic rings. The predicted molar refractivity (Wildman–Crippen MR) is 67.0 cm³/mol. The number of carbonyl (C=O) groups is 1. The Balaban J connectivity index is 1.77. The first-order chi connectivity index (χ1) is 8.65. The summed E-state index contributed by atoms with van der Waals surface area (Å²) in [5.41, 5.74) is 0.926. The van der Waals surface area contributed by atoms with Gasteiger partial charge in [0.25, 0.3) is 0 Å². The number of urea groups is 1. The summed E-state index contributed by atoms with van der Waals surface area (Å²) >= 11 is 0. The summed E-state index contributed by atoms with van der Waals surface area (Å²) in [6.07, 6.45) is 1.92. The minimum atomic E-state index is 0.0109. The van der Waals surface area contributed by atoms with Crippen molar-refractivity contribution in [1.29, 1.82) is 0 Å². The van der Waals surface area contributed by atoms with Gasteiger partial charge in [0.2, 0.25) is 0 Å². The molecule has 2 rings (SSSR count). The second kappa shape index (κ2) is 5.81. The van der Waals surface area contributed by atoms with Gasteiger partial charge in [-0.15, -0.1) is 5.10 Å². The van der Waals surface area contributed by atoms with E-state index in [4.69, 9.17) is 0 Å². The van der Waals surface area contributed by atoms with Gasteiger partial charge in [0.15, 0.2) is 0 Å². The van der Waals surface area contributed by atoms with Gasteiger partial charge in [0.1, 0.15) is 0 Å². The van der Waals surface area contributed by atoms with E-state index >= 15 is 0 Å². The zero-order valence-electron chi connectivity index (χ0n) is 10.9. The lowest BCUT2D eigenvalue weighted by Gasteiger charge is -2.12. The van der Waals surface area contributed by atoms with Crippen molar-refractivity contribution in [2.45, 2.75) is 33.0 Å². The van der Waals surface area contributed by atoms with Gasteiger partial charge in [0, 0.05) is 38.4 Å². The summed E-state index contributed by atoms with van der Waals surface area (Å²) in [6, 6.07) is 0.445. The van der Waals surface area contributed by atoms with Crippen LogP contribution in [0.15, 0.2) is 6.20 Å². The van der Waals surface area contributed by atoms with Crippen molar-refractivity contribution in [1.82, 2.24) is 30.5 Å². The number of carbonyl (C=O) groups excluding carboxylic acids is 1. The van der Waals surface area contributed by atoms with Crippen molar-refractivity contribution in [3.8, 4) is 0 Å². The van der Waals surface area contributed by atoms with E-state index in [1.54, 1.807) is 9.58 Å². The van der Waals surface area contributed by atoms with Crippen LogP contribution in [0.25, 0.3) is 0 Å². The number of rotatable bonds is 6. The molecular weight excluding hydrogens is 232 g/mol. The number of hydrogen-bond donors (Lipinski definition) is 2. The number of amides is 2. The van der Waals surface area contributed by atoms with Crippen molar-refractivity contribution in [2.24, 2.45) is 0 Å². The second-order valence-electron chi connectivity index (χ2n) is 4.73. The van der Waals surface area contributed by atoms with Gasteiger partial charge in [-0.25, -0.2) is 4.79 Å². The molecule has 0 aromatic carbocycles. The Hall–Kier alpha value is -1.63. The minimum absolute atomic E-state index is 0.0109. The van der Waals surface area contributed by atoms with Crippen molar-refractivity contribution in [3.63, 3.8) is 0 Å². The molecule has 1 saturated heterocycles. The van der Waals surface area contributed by atoms with Crippen LogP contribution in [0.2, 0.25) is 0 Å². The number of nitrogens with one attached hydrogen (secondary N) is 2. The zero-order valence-corrected chi connectivity index (χ0v) is 10.9. The largest absolute Gasteiger partial charge is 0.336 e. The Morgan fingerprint density at radius 1 is 1.50 bits per heavy atom. The number of hydrogen-bond acceptors (Lipinski definition) is 4. The Morgan fingerprint density at radius 2 is 2.33 bits per heavy atom. The lowest BCUT2D eigenvalue weighted by atomic mass is 10.3. The minimum Gasteiger partial charge on any atom is -0.336 e. The van der Waals surface area contributed by atoms with Crippen LogP contribution in [0.3, 0.4) is 0 Å².